The molecule has 0 aliphatic carbocycles. The molecule has 1 amide bonds. The number of hydrogen-bond acceptors (Lipinski definition) is 3. The number of rotatable bonds is 7. The first-order chi connectivity index (χ1) is 14.5. The Bertz CT molecular complexity index is 1220. The van der Waals surface area contributed by atoms with Crippen LogP contribution < -0.4 is 10.1 Å². The van der Waals surface area contributed by atoms with Crippen LogP contribution in [-0.4, -0.2) is 22.1 Å². The highest BCUT2D eigenvalue weighted by atomic mass is 16.5. The molecule has 0 radical (unpaired) electrons. The maximum Gasteiger partial charge on any atom is 0.246 e. The van der Waals surface area contributed by atoms with E-state index in [4.69, 9.17) is 9.72 Å². The zero-order chi connectivity index (χ0) is 21.1. The summed E-state index contributed by atoms with van der Waals surface area (Å²) in [5, 5.41) is 5.21. The Morgan fingerprint density at radius 2 is 1.83 bits per heavy atom. The number of para-hydroxylation sites is 2. The molecule has 5 heteroatoms. The summed E-state index contributed by atoms with van der Waals surface area (Å²) in [6.45, 7) is 8.45. The van der Waals surface area contributed by atoms with E-state index >= 15 is 0 Å². The Kier molecular flexibility index (Phi) is 5.53. The second kappa shape index (κ2) is 8.41. The number of benzene rings is 3. The third-order valence-electron chi connectivity index (χ3n) is 5.13. The molecule has 4 aromatic rings. The number of amides is 1. The van der Waals surface area contributed by atoms with Gasteiger partial charge in [-0.15, -0.1) is 0 Å². The molecule has 1 aromatic heterocycles. The lowest BCUT2D eigenvalue weighted by Crippen LogP contribution is -2.29. The fourth-order valence-corrected chi connectivity index (χ4v) is 3.61. The third kappa shape index (κ3) is 3.92. The van der Waals surface area contributed by atoms with Crippen molar-refractivity contribution in [3.05, 3.63) is 84.7 Å². The topological polar surface area (TPSA) is 56.2 Å². The monoisotopic (exact) mass is 399 g/mol. The van der Waals surface area contributed by atoms with E-state index in [-0.39, 0.29) is 11.9 Å². The largest absolute Gasteiger partial charge is 0.491 e. The molecule has 0 aliphatic heterocycles. The van der Waals surface area contributed by atoms with Crippen molar-refractivity contribution in [3.63, 3.8) is 0 Å². The fraction of sp³-hybridized carbons (Fsp3) is 0.200. The van der Waals surface area contributed by atoms with Crippen LogP contribution in [0.4, 0.5) is 0 Å². The smallest absolute Gasteiger partial charge is 0.246 e. The number of hydrogen-bond donors (Lipinski definition) is 1. The highest BCUT2D eigenvalue weighted by Gasteiger charge is 2.18. The van der Waals surface area contributed by atoms with Crippen molar-refractivity contribution >= 4 is 27.7 Å². The SMILES string of the molecule is C=C(C)C(=O)NC(C)c1nc2ccccc2n1CCOc1cccc2ccccc12. The Morgan fingerprint density at radius 3 is 2.67 bits per heavy atom. The first kappa shape index (κ1) is 19.7. The van der Waals surface area contributed by atoms with E-state index < -0.39 is 0 Å². The highest BCUT2D eigenvalue weighted by molar-refractivity contribution is 5.92. The molecule has 0 saturated carbocycles. The van der Waals surface area contributed by atoms with E-state index in [0.717, 1.165) is 33.4 Å². The van der Waals surface area contributed by atoms with Gasteiger partial charge in [0.2, 0.25) is 5.91 Å². The van der Waals surface area contributed by atoms with E-state index in [1.807, 2.05) is 55.5 Å². The van der Waals surface area contributed by atoms with Crippen molar-refractivity contribution < 1.29 is 9.53 Å². The van der Waals surface area contributed by atoms with E-state index in [1.165, 1.54) is 0 Å². The minimum Gasteiger partial charge on any atom is -0.491 e. The molecule has 0 fully saturated rings. The lowest BCUT2D eigenvalue weighted by molar-refractivity contribution is -0.118. The number of nitrogens with one attached hydrogen (secondary N) is 1. The van der Waals surface area contributed by atoms with Gasteiger partial charge in [-0.1, -0.05) is 55.1 Å². The van der Waals surface area contributed by atoms with Gasteiger partial charge >= 0.3 is 0 Å². The number of nitrogens with zero attached hydrogens (tertiary/aromatic N) is 2. The summed E-state index contributed by atoms with van der Waals surface area (Å²) in [6, 6.07) is 22.0. The molecule has 0 spiro atoms. The average molecular weight is 399 g/mol. The molecule has 1 unspecified atom stereocenters. The van der Waals surface area contributed by atoms with Crippen LogP contribution in [0.3, 0.4) is 0 Å². The maximum absolute atomic E-state index is 12.1. The molecule has 1 atom stereocenters. The quantitative estimate of drug-likeness (QED) is 0.444. The molecule has 1 heterocycles. The molecule has 1 N–H and O–H groups in total. The molecule has 0 saturated heterocycles. The molecule has 4 rings (SSSR count). The van der Waals surface area contributed by atoms with Crippen LogP contribution in [0.15, 0.2) is 78.9 Å². The van der Waals surface area contributed by atoms with Crippen LogP contribution in [0, 0.1) is 0 Å². The van der Waals surface area contributed by atoms with E-state index in [0.29, 0.717) is 18.7 Å². The number of carbonyl (C=O) groups excluding carboxylic acids is 1. The predicted molar refractivity (Wildman–Crippen MR) is 121 cm³/mol. The Labute approximate surface area is 176 Å². The minimum atomic E-state index is -0.251. The van der Waals surface area contributed by atoms with Gasteiger partial charge in [0.1, 0.15) is 18.2 Å². The Morgan fingerprint density at radius 1 is 1.10 bits per heavy atom. The number of ether oxygens (including phenoxy) is 1. The van der Waals surface area contributed by atoms with Gasteiger partial charge in [0.05, 0.1) is 23.6 Å². The van der Waals surface area contributed by atoms with Crippen molar-refractivity contribution in [1.29, 1.82) is 0 Å². The standard InChI is InChI=1S/C25H25N3O2/c1-17(2)25(29)26-18(3)24-27-21-12-6-7-13-22(21)28(24)15-16-30-23-14-8-10-19-9-4-5-11-20(19)23/h4-14,18H,1,15-16H2,2-3H3,(H,26,29). The van der Waals surface area contributed by atoms with Gasteiger partial charge in [-0.2, -0.15) is 0 Å². The Balaban J connectivity index is 1.58. The third-order valence-corrected chi connectivity index (χ3v) is 5.13. The zero-order valence-corrected chi connectivity index (χ0v) is 17.3. The summed E-state index contributed by atoms with van der Waals surface area (Å²) in [5.41, 5.74) is 2.39. The van der Waals surface area contributed by atoms with Gasteiger partial charge in [0.25, 0.3) is 0 Å². The molecule has 152 valence electrons. The van der Waals surface area contributed by atoms with Crippen molar-refractivity contribution in [2.45, 2.75) is 26.4 Å². The predicted octanol–water partition coefficient (Wildman–Crippen LogP) is 5.02. The average Bonchev–Trinajstić information content (AvgIpc) is 3.12. The Hall–Kier alpha value is -3.60. The van der Waals surface area contributed by atoms with Crippen molar-refractivity contribution in [1.82, 2.24) is 14.9 Å². The summed E-state index contributed by atoms with van der Waals surface area (Å²) < 4.78 is 8.26. The second-order valence-electron chi connectivity index (χ2n) is 7.41. The lowest BCUT2D eigenvalue weighted by atomic mass is 10.1. The van der Waals surface area contributed by atoms with Crippen molar-refractivity contribution in [2.75, 3.05) is 6.61 Å². The zero-order valence-electron chi connectivity index (χ0n) is 17.3. The molecule has 30 heavy (non-hydrogen) atoms. The summed E-state index contributed by atoms with van der Waals surface area (Å²) >= 11 is 0. The van der Waals surface area contributed by atoms with Gasteiger partial charge in [0, 0.05) is 11.0 Å². The summed E-state index contributed by atoms with van der Waals surface area (Å²) in [4.78, 5) is 16.9. The van der Waals surface area contributed by atoms with E-state index in [1.54, 1.807) is 6.92 Å². The number of imidazole rings is 1. The van der Waals surface area contributed by atoms with Crippen LogP contribution in [0.2, 0.25) is 0 Å². The first-order valence-electron chi connectivity index (χ1n) is 10.1. The van der Waals surface area contributed by atoms with Gasteiger partial charge in [-0.25, -0.2) is 4.98 Å². The number of carbonyl (C=O) groups is 1. The molecular formula is C25H25N3O2. The lowest BCUT2D eigenvalue weighted by Gasteiger charge is -2.17. The molecule has 0 bridgehead atoms. The number of fused-ring (bicyclic) bond motifs is 2. The van der Waals surface area contributed by atoms with Crippen LogP contribution in [-0.2, 0) is 11.3 Å². The fourth-order valence-electron chi connectivity index (χ4n) is 3.61. The molecule has 0 aliphatic rings. The highest BCUT2D eigenvalue weighted by Crippen LogP contribution is 2.26. The van der Waals surface area contributed by atoms with Crippen LogP contribution in [0.1, 0.15) is 25.7 Å². The van der Waals surface area contributed by atoms with E-state index in [9.17, 15) is 4.79 Å². The van der Waals surface area contributed by atoms with Gasteiger partial charge in [-0.05, 0) is 37.4 Å². The first-order valence-corrected chi connectivity index (χ1v) is 10.1. The molecular weight excluding hydrogens is 374 g/mol. The normalized spacial score (nSPS) is 12.1. The summed E-state index contributed by atoms with van der Waals surface area (Å²) in [6.07, 6.45) is 0. The second-order valence-corrected chi connectivity index (χ2v) is 7.41. The number of aromatic nitrogens is 2. The van der Waals surface area contributed by atoms with E-state index in [2.05, 4.69) is 34.7 Å². The van der Waals surface area contributed by atoms with Gasteiger partial charge in [0.15, 0.2) is 0 Å². The van der Waals surface area contributed by atoms with Crippen LogP contribution in [0.25, 0.3) is 21.8 Å². The molecule has 3 aromatic carbocycles. The van der Waals surface area contributed by atoms with Crippen LogP contribution in [0.5, 0.6) is 5.75 Å². The van der Waals surface area contributed by atoms with Crippen LogP contribution >= 0.6 is 0 Å². The van der Waals surface area contributed by atoms with Gasteiger partial charge in [-0.3, -0.25) is 4.79 Å². The summed E-state index contributed by atoms with van der Waals surface area (Å²) in [5.74, 6) is 1.49. The minimum absolute atomic E-state index is 0.173. The van der Waals surface area contributed by atoms with Crippen molar-refractivity contribution in [3.8, 4) is 5.75 Å². The maximum atomic E-state index is 12.1. The van der Waals surface area contributed by atoms with Crippen molar-refractivity contribution in [2.24, 2.45) is 0 Å². The summed E-state index contributed by atoms with van der Waals surface area (Å²) in [7, 11) is 0. The molecule has 5 nitrogen and oxygen atoms in total. The van der Waals surface area contributed by atoms with Gasteiger partial charge < -0.3 is 14.6 Å².